The Morgan fingerprint density at radius 1 is 1.40 bits per heavy atom. The number of hydrogen-bond acceptors (Lipinski definition) is 6. The van der Waals surface area contributed by atoms with Crippen molar-refractivity contribution in [2.75, 3.05) is 19.7 Å². The van der Waals surface area contributed by atoms with Crippen LogP contribution >= 0.6 is 0 Å². The molecule has 7 heteroatoms. The molecular weight excluding hydrogens is 326 g/mol. The summed E-state index contributed by atoms with van der Waals surface area (Å²) >= 11 is 0. The Balaban J connectivity index is 1.95. The minimum atomic E-state index is -1.78. The highest BCUT2D eigenvalue weighted by Gasteiger charge is 2.51. The molecule has 2 fully saturated rings. The molecule has 3 heterocycles. The van der Waals surface area contributed by atoms with Crippen LogP contribution in [0.4, 0.5) is 0 Å². The number of ether oxygens (including phenoxy) is 2. The molecule has 0 saturated carbocycles. The molecular formula is C18H25NO6. The Bertz CT molecular complexity index is 654. The van der Waals surface area contributed by atoms with Crippen molar-refractivity contribution < 1.29 is 28.8 Å². The third-order valence-electron chi connectivity index (χ3n) is 6.18. The van der Waals surface area contributed by atoms with Crippen LogP contribution in [0.1, 0.15) is 27.2 Å². The van der Waals surface area contributed by atoms with Gasteiger partial charge in [-0.25, -0.2) is 9.59 Å². The number of nitrogens with zero attached hydrogens (tertiary/aromatic N) is 1. The van der Waals surface area contributed by atoms with Gasteiger partial charge in [-0.15, -0.1) is 0 Å². The summed E-state index contributed by atoms with van der Waals surface area (Å²) in [7, 11) is 0. The minimum Gasteiger partial charge on any atom is -0.632 e. The van der Waals surface area contributed by atoms with Gasteiger partial charge in [0.25, 0.3) is 0 Å². The maximum atomic E-state index is 12.9. The van der Waals surface area contributed by atoms with E-state index in [1.165, 1.54) is 6.92 Å². The predicted octanol–water partition coefficient (Wildman–Crippen LogP) is 1.06. The number of quaternary nitrogens is 1. The fourth-order valence-corrected chi connectivity index (χ4v) is 4.02. The summed E-state index contributed by atoms with van der Waals surface area (Å²) < 4.78 is 10.4. The topological polar surface area (TPSA) is 95.9 Å². The molecule has 0 aromatic heterocycles. The molecule has 0 bridgehead atoms. The number of hydroxylamine groups is 3. The highest BCUT2D eigenvalue weighted by Crippen LogP contribution is 2.39. The molecule has 3 aliphatic heterocycles. The average Bonchev–Trinajstić information content (AvgIpc) is 3.05. The van der Waals surface area contributed by atoms with E-state index in [4.69, 9.17) is 9.47 Å². The SMILES string of the molecule is C=C1C(=O)O[C@@H]2CC[N+]3([O-])CC=C(COC(=O)[C@](C)(O)[C@H](C)[C@H]1C)C23. The second-order valence-corrected chi connectivity index (χ2v) is 7.64. The van der Waals surface area contributed by atoms with Gasteiger partial charge in [0.15, 0.2) is 17.7 Å². The highest BCUT2D eigenvalue weighted by atomic mass is 16.6. The second kappa shape index (κ2) is 5.93. The lowest BCUT2D eigenvalue weighted by Gasteiger charge is -2.41. The zero-order valence-corrected chi connectivity index (χ0v) is 14.9. The van der Waals surface area contributed by atoms with Gasteiger partial charge in [-0.3, -0.25) is 0 Å². The van der Waals surface area contributed by atoms with Gasteiger partial charge in [0, 0.05) is 23.5 Å². The first-order valence-electron chi connectivity index (χ1n) is 8.64. The van der Waals surface area contributed by atoms with Gasteiger partial charge >= 0.3 is 11.9 Å². The van der Waals surface area contributed by atoms with Gasteiger partial charge in [0.05, 0.1) is 13.1 Å². The molecule has 0 aliphatic carbocycles. The Hall–Kier alpha value is -1.70. The van der Waals surface area contributed by atoms with E-state index in [0.717, 1.165) is 0 Å². The van der Waals surface area contributed by atoms with Gasteiger partial charge < -0.3 is 24.4 Å². The summed E-state index contributed by atoms with van der Waals surface area (Å²) in [4.78, 5) is 24.9. The molecule has 0 aromatic rings. The first-order valence-corrected chi connectivity index (χ1v) is 8.64. The number of hydrogen-bond donors (Lipinski definition) is 1. The number of carbonyl (C=O) groups is 2. The van der Waals surface area contributed by atoms with E-state index in [0.29, 0.717) is 18.5 Å². The van der Waals surface area contributed by atoms with Crippen molar-refractivity contribution in [3.63, 3.8) is 0 Å². The lowest BCUT2D eigenvalue weighted by Crippen LogP contribution is -2.50. The molecule has 0 radical (unpaired) electrons. The molecule has 0 spiro atoms. The predicted molar refractivity (Wildman–Crippen MR) is 88.8 cm³/mol. The third-order valence-corrected chi connectivity index (χ3v) is 6.18. The lowest BCUT2D eigenvalue weighted by atomic mass is 9.78. The van der Waals surface area contributed by atoms with Crippen LogP contribution in [0.2, 0.25) is 0 Å². The highest BCUT2D eigenvalue weighted by molar-refractivity contribution is 5.89. The van der Waals surface area contributed by atoms with E-state index < -0.39 is 46.2 Å². The fraction of sp³-hybridized carbons (Fsp3) is 0.667. The molecule has 138 valence electrons. The van der Waals surface area contributed by atoms with Crippen LogP contribution in [0.15, 0.2) is 23.8 Å². The summed E-state index contributed by atoms with van der Waals surface area (Å²) in [5.41, 5.74) is -0.943. The van der Waals surface area contributed by atoms with Gasteiger partial charge in [-0.1, -0.05) is 20.4 Å². The molecule has 0 amide bonds. The van der Waals surface area contributed by atoms with Crippen molar-refractivity contribution in [1.82, 2.24) is 0 Å². The summed E-state index contributed by atoms with van der Waals surface area (Å²) in [6, 6.07) is -0.554. The average molecular weight is 351 g/mol. The normalized spacial score (nSPS) is 45.0. The van der Waals surface area contributed by atoms with Crippen molar-refractivity contribution in [2.24, 2.45) is 11.8 Å². The van der Waals surface area contributed by atoms with Crippen molar-refractivity contribution in [3.8, 4) is 0 Å². The monoisotopic (exact) mass is 351 g/mol. The first-order chi connectivity index (χ1) is 11.6. The summed E-state index contributed by atoms with van der Waals surface area (Å²) in [6.07, 6.45) is 1.68. The number of carbonyl (C=O) groups excluding carboxylic acids is 2. The van der Waals surface area contributed by atoms with E-state index in [1.807, 2.05) is 0 Å². The second-order valence-electron chi connectivity index (χ2n) is 7.64. The van der Waals surface area contributed by atoms with Crippen LogP contribution in [-0.2, 0) is 19.1 Å². The van der Waals surface area contributed by atoms with E-state index >= 15 is 0 Å². The van der Waals surface area contributed by atoms with Crippen LogP contribution < -0.4 is 0 Å². The largest absolute Gasteiger partial charge is 0.632 e. The quantitative estimate of drug-likeness (QED) is 0.230. The smallest absolute Gasteiger partial charge is 0.338 e. The number of aliphatic hydroxyl groups is 1. The molecule has 3 rings (SSSR count). The first kappa shape index (κ1) is 18.1. The fourth-order valence-electron chi connectivity index (χ4n) is 4.02. The lowest BCUT2D eigenvalue weighted by molar-refractivity contribution is -0.877. The maximum Gasteiger partial charge on any atom is 0.338 e. The molecule has 25 heavy (non-hydrogen) atoms. The Morgan fingerprint density at radius 3 is 2.76 bits per heavy atom. The Morgan fingerprint density at radius 2 is 2.08 bits per heavy atom. The van der Waals surface area contributed by atoms with Crippen molar-refractivity contribution in [3.05, 3.63) is 29.0 Å². The van der Waals surface area contributed by atoms with Crippen LogP contribution in [0.3, 0.4) is 0 Å². The number of esters is 2. The molecule has 0 aromatic carbocycles. The summed E-state index contributed by atoms with van der Waals surface area (Å²) in [5, 5.41) is 23.5. The zero-order chi connectivity index (χ0) is 18.6. The van der Waals surface area contributed by atoms with E-state index in [-0.39, 0.29) is 18.7 Å². The minimum absolute atomic E-state index is 0.0714. The third kappa shape index (κ3) is 2.80. The van der Waals surface area contributed by atoms with E-state index in [2.05, 4.69) is 6.58 Å². The molecule has 2 saturated heterocycles. The van der Waals surface area contributed by atoms with Crippen LogP contribution in [0.5, 0.6) is 0 Å². The Labute approximate surface area is 147 Å². The van der Waals surface area contributed by atoms with Crippen LogP contribution in [0, 0.1) is 17.0 Å². The molecule has 2 unspecified atom stereocenters. The van der Waals surface area contributed by atoms with Gasteiger partial charge in [0.1, 0.15) is 6.61 Å². The Kier molecular flexibility index (Phi) is 4.29. The summed E-state index contributed by atoms with van der Waals surface area (Å²) in [5.74, 6) is -2.42. The maximum absolute atomic E-state index is 12.9. The van der Waals surface area contributed by atoms with E-state index in [1.54, 1.807) is 19.9 Å². The van der Waals surface area contributed by atoms with Gasteiger partial charge in [0.2, 0.25) is 0 Å². The summed E-state index contributed by atoms with van der Waals surface area (Å²) in [6.45, 7) is 9.11. The standard InChI is InChI=1S/C18H25NO6/c1-10-11(2)16(20)25-14-6-8-19(23)7-5-13(15(14)19)9-24-17(21)18(4,22)12(10)3/h5,10,12,14-15,22H,2,6-9H2,1,3-4H3/t10-,12+,14+,15?,18+,19?/m0/s1. The van der Waals surface area contributed by atoms with Gasteiger partial charge in [-0.2, -0.15) is 0 Å². The zero-order valence-electron chi connectivity index (χ0n) is 14.9. The van der Waals surface area contributed by atoms with E-state index in [9.17, 15) is 19.9 Å². The molecule has 3 aliphatic rings. The van der Waals surface area contributed by atoms with Crippen LogP contribution in [-0.4, -0.2) is 59.1 Å². The van der Waals surface area contributed by atoms with Crippen molar-refractivity contribution in [1.29, 1.82) is 0 Å². The number of rotatable bonds is 0. The molecule has 6 atom stereocenters. The van der Waals surface area contributed by atoms with Crippen molar-refractivity contribution in [2.45, 2.75) is 44.9 Å². The van der Waals surface area contributed by atoms with Crippen molar-refractivity contribution >= 4 is 11.9 Å². The molecule has 1 N–H and O–H groups in total. The number of cyclic esters (lactones) is 1. The van der Waals surface area contributed by atoms with Crippen LogP contribution in [0.25, 0.3) is 0 Å². The molecule has 7 nitrogen and oxygen atoms in total. The van der Waals surface area contributed by atoms with Gasteiger partial charge in [-0.05, 0) is 18.9 Å².